The molecular formula is C12H18O2. The van der Waals surface area contributed by atoms with Gasteiger partial charge in [-0.3, -0.25) is 0 Å². The van der Waals surface area contributed by atoms with E-state index in [1.807, 2.05) is 19.9 Å². The van der Waals surface area contributed by atoms with Gasteiger partial charge in [-0.25, -0.2) is 0 Å². The van der Waals surface area contributed by atoms with Crippen LogP contribution in [-0.2, 0) is 6.42 Å². The highest BCUT2D eigenvalue weighted by Gasteiger charge is 2.05. The number of phenolic OH excluding ortho intramolecular Hbond substituents is 1. The maximum Gasteiger partial charge on any atom is 0.122 e. The Balaban J connectivity index is 2.92. The van der Waals surface area contributed by atoms with Gasteiger partial charge < -0.3 is 9.84 Å². The molecule has 0 unspecified atom stereocenters. The lowest BCUT2D eigenvalue weighted by Crippen LogP contribution is -1.98. The van der Waals surface area contributed by atoms with Crippen LogP contribution in [0.3, 0.4) is 0 Å². The number of rotatable bonds is 4. The number of aromatic hydroxyl groups is 1. The summed E-state index contributed by atoms with van der Waals surface area (Å²) in [5.74, 6) is 1.26. The van der Waals surface area contributed by atoms with Crippen LogP contribution >= 0.6 is 0 Å². The number of phenols is 1. The molecule has 2 heteroatoms. The normalized spacial score (nSPS) is 10.2. The molecule has 1 aromatic carbocycles. The quantitative estimate of drug-likeness (QED) is 0.798. The van der Waals surface area contributed by atoms with Crippen molar-refractivity contribution in [1.29, 1.82) is 0 Å². The molecule has 0 saturated heterocycles. The smallest absolute Gasteiger partial charge is 0.122 e. The first-order chi connectivity index (χ1) is 6.69. The second-order valence-corrected chi connectivity index (χ2v) is 3.45. The Morgan fingerprint density at radius 2 is 2.00 bits per heavy atom. The highest BCUT2D eigenvalue weighted by Crippen LogP contribution is 2.27. The van der Waals surface area contributed by atoms with E-state index < -0.39 is 0 Å². The molecular weight excluding hydrogens is 176 g/mol. The Morgan fingerprint density at radius 3 is 2.57 bits per heavy atom. The summed E-state index contributed by atoms with van der Waals surface area (Å²) in [4.78, 5) is 0. The van der Waals surface area contributed by atoms with Crippen molar-refractivity contribution in [2.75, 3.05) is 6.61 Å². The third-order valence-corrected chi connectivity index (χ3v) is 2.22. The van der Waals surface area contributed by atoms with Crippen molar-refractivity contribution in [3.63, 3.8) is 0 Å². The zero-order chi connectivity index (χ0) is 10.6. The molecule has 0 saturated carbocycles. The SMILES string of the molecule is CCCOc1cc(CC)c(O)cc1C. The van der Waals surface area contributed by atoms with Crippen LogP contribution in [-0.4, -0.2) is 11.7 Å². The van der Waals surface area contributed by atoms with E-state index in [9.17, 15) is 5.11 Å². The molecule has 0 atom stereocenters. The van der Waals surface area contributed by atoms with Crippen molar-refractivity contribution in [3.05, 3.63) is 23.3 Å². The van der Waals surface area contributed by atoms with Gasteiger partial charge in [0.25, 0.3) is 0 Å². The molecule has 0 amide bonds. The third-order valence-electron chi connectivity index (χ3n) is 2.22. The Morgan fingerprint density at radius 1 is 1.29 bits per heavy atom. The van der Waals surface area contributed by atoms with Crippen LogP contribution in [0.2, 0.25) is 0 Å². The number of aryl methyl sites for hydroxylation is 2. The number of hydrogen-bond donors (Lipinski definition) is 1. The first kappa shape index (κ1) is 10.9. The summed E-state index contributed by atoms with van der Waals surface area (Å²) in [7, 11) is 0. The van der Waals surface area contributed by atoms with Gasteiger partial charge in [0, 0.05) is 0 Å². The van der Waals surface area contributed by atoms with Crippen molar-refractivity contribution in [2.24, 2.45) is 0 Å². The van der Waals surface area contributed by atoms with E-state index in [-0.39, 0.29) is 0 Å². The van der Waals surface area contributed by atoms with E-state index in [4.69, 9.17) is 4.74 Å². The summed E-state index contributed by atoms with van der Waals surface area (Å²) >= 11 is 0. The lowest BCUT2D eigenvalue weighted by molar-refractivity contribution is 0.314. The number of ether oxygens (including phenoxy) is 1. The summed E-state index contributed by atoms with van der Waals surface area (Å²) in [6, 6.07) is 3.70. The standard InChI is InChI=1S/C12H18O2/c1-4-6-14-12-8-10(5-2)11(13)7-9(12)3/h7-8,13H,4-6H2,1-3H3. The van der Waals surface area contributed by atoms with Crippen LogP contribution in [0.4, 0.5) is 0 Å². The van der Waals surface area contributed by atoms with Crippen molar-refractivity contribution < 1.29 is 9.84 Å². The highest BCUT2D eigenvalue weighted by molar-refractivity contribution is 5.45. The lowest BCUT2D eigenvalue weighted by Gasteiger charge is -2.11. The molecule has 78 valence electrons. The van der Waals surface area contributed by atoms with Gasteiger partial charge in [0.2, 0.25) is 0 Å². The maximum absolute atomic E-state index is 9.59. The second kappa shape index (κ2) is 4.89. The van der Waals surface area contributed by atoms with Gasteiger partial charge in [-0.05, 0) is 43.0 Å². The van der Waals surface area contributed by atoms with Crippen LogP contribution < -0.4 is 4.74 Å². The van der Waals surface area contributed by atoms with Crippen LogP contribution in [0.25, 0.3) is 0 Å². The topological polar surface area (TPSA) is 29.5 Å². The van der Waals surface area contributed by atoms with Gasteiger partial charge in [-0.15, -0.1) is 0 Å². The van der Waals surface area contributed by atoms with E-state index >= 15 is 0 Å². The van der Waals surface area contributed by atoms with Crippen LogP contribution in [0.15, 0.2) is 12.1 Å². The van der Waals surface area contributed by atoms with Crippen LogP contribution in [0.5, 0.6) is 11.5 Å². The van der Waals surface area contributed by atoms with Crippen molar-refractivity contribution >= 4 is 0 Å². The Bertz CT molecular complexity index is 305. The molecule has 0 aliphatic carbocycles. The fourth-order valence-electron chi connectivity index (χ4n) is 1.37. The Hall–Kier alpha value is -1.18. The molecule has 0 fully saturated rings. The summed E-state index contributed by atoms with van der Waals surface area (Å²) in [5.41, 5.74) is 1.94. The van der Waals surface area contributed by atoms with Gasteiger partial charge in [0.1, 0.15) is 11.5 Å². The Kier molecular flexibility index (Phi) is 3.81. The summed E-state index contributed by atoms with van der Waals surface area (Å²) < 4.78 is 5.57. The predicted molar refractivity (Wildman–Crippen MR) is 58.0 cm³/mol. The largest absolute Gasteiger partial charge is 0.508 e. The van der Waals surface area contributed by atoms with Crippen molar-refractivity contribution in [3.8, 4) is 11.5 Å². The molecule has 0 spiro atoms. The van der Waals surface area contributed by atoms with E-state index in [0.29, 0.717) is 5.75 Å². The first-order valence-corrected chi connectivity index (χ1v) is 5.14. The number of hydrogen-bond acceptors (Lipinski definition) is 2. The fourth-order valence-corrected chi connectivity index (χ4v) is 1.37. The molecule has 0 heterocycles. The molecule has 0 bridgehead atoms. The first-order valence-electron chi connectivity index (χ1n) is 5.14. The zero-order valence-electron chi connectivity index (χ0n) is 9.13. The lowest BCUT2D eigenvalue weighted by atomic mass is 10.1. The van der Waals surface area contributed by atoms with E-state index in [1.165, 1.54) is 0 Å². The zero-order valence-corrected chi connectivity index (χ0v) is 9.13. The van der Waals surface area contributed by atoms with Gasteiger partial charge in [0.05, 0.1) is 6.61 Å². The van der Waals surface area contributed by atoms with Crippen molar-refractivity contribution in [2.45, 2.75) is 33.6 Å². The molecule has 1 rings (SSSR count). The fraction of sp³-hybridized carbons (Fsp3) is 0.500. The van der Waals surface area contributed by atoms with Crippen LogP contribution in [0, 0.1) is 6.92 Å². The monoisotopic (exact) mass is 194 g/mol. The average molecular weight is 194 g/mol. The molecule has 0 aliphatic rings. The number of benzene rings is 1. The predicted octanol–water partition coefficient (Wildman–Crippen LogP) is 3.05. The minimum atomic E-state index is 0.369. The minimum Gasteiger partial charge on any atom is -0.508 e. The maximum atomic E-state index is 9.59. The van der Waals surface area contributed by atoms with Crippen molar-refractivity contribution in [1.82, 2.24) is 0 Å². The molecule has 1 N–H and O–H groups in total. The van der Waals surface area contributed by atoms with Gasteiger partial charge in [-0.1, -0.05) is 13.8 Å². The molecule has 2 nitrogen and oxygen atoms in total. The van der Waals surface area contributed by atoms with Gasteiger partial charge in [-0.2, -0.15) is 0 Å². The molecule has 1 aromatic rings. The third kappa shape index (κ3) is 2.41. The summed E-state index contributed by atoms with van der Waals surface area (Å²) in [6.07, 6.45) is 1.83. The average Bonchev–Trinajstić information content (AvgIpc) is 2.17. The summed E-state index contributed by atoms with van der Waals surface area (Å²) in [6.45, 7) is 6.78. The van der Waals surface area contributed by atoms with E-state index in [2.05, 4.69) is 6.92 Å². The van der Waals surface area contributed by atoms with Gasteiger partial charge in [0.15, 0.2) is 0 Å². The van der Waals surface area contributed by atoms with E-state index in [1.54, 1.807) is 6.07 Å². The second-order valence-electron chi connectivity index (χ2n) is 3.45. The molecule has 14 heavy (non-hydrogen) atoms. The van der Waals surface area contributed by atoms with E-state index in [0.717, 1.165) is 36.3 Å². The van der Waals surface area contributed by atoms with Crippen LogP contribution in [0.1, 0.15) is 31.4 Å². The Labute approximate surface area is 85.5 Å². The molecule has 0 aromatic heterocycles. The summed E-state index contributed by atoms with van der Waals surface area (Å²) in [5, 5.41) is 9.59. The molecule has 0 aliphatic heterocycles. The highest BCUT2D eigenvalue weighted by atomic mass is 16.5. The molecule has 0 radical (unpaired) electrons. The van der Waals surface area contributed by atoms with Gasteiger partial charge >= 0.3 is 0 Å². The minimum absolute atomic E-state index is 0.369.